The minimum Gasteiger partial charge on any atom is -0.466 e. The van der Waals surface area contributed by atoms with Crippen molar-refractivity contribution in [3.63, 3.8) is 0 Å². The van der Waals surface area contributed by atoms with Crippen LogP contribution in [0.1, 0.15) is 122 Å². The highest BCUT2D eigenvalue weighted by Gasteiger charge is 2.15. The van der Waals surface area contributed by atoms with Crippen molar-refractivity contribution in [2.24, 2.45) is 5.92 Å². The summed E-state index contributed by atoms with van der Waals surface area (Å²) < 4.78 is 10.6. The molecule has 1 saturated carbocycles. The Bertz CT molecular complexity index is 388. The van der Waals surface area contributed by atoms with Crippen molar-refractivity contribution >= 4 is 11.9 Å². The van der Waals surface area contributed by atoms with Crippen molar-refractivity contribution in [2.75, 3.05) is 13.2 Å². The Morgan fingerprint density at radius 3 is 1.82 bits per heavy atom. The van der Waals surface area contributed by atoms with E-state index >= 15 is 0 Å². The van der Waals surface area contributed by atoms with E-state index in [1.165, 1.54) is 83.5 Å². The molecule has 28 heavy (non-hydrogen) atoms. The van der Waals surface area contributed by atoms with Crippen molar-refractivity contribution in [1.29, 1.82) is 0 Å². The maximum atomic E-state index is 11.8. The van der Waals surface area contributed by atoms with E-state index in [0.29, 0.717) is 38.4 Å². The van der Waals surface area contributed by atoms with Crippen LogP contribution < -0.4 is 0 Å². The predicted molar refractivity (Wildman–Crippen MR) is 114 cm³/mol. The second kappa shape index (κ2) is 18.0. The fraction of sp³-hybridized carbons (Fsp3) is 0.917. The molecule has 1 aliphatic carbocycles. The maximum absolute atomic E-state index is 11.8. The fourth-order valence-corrected chi connectivity index (χ4v) is 3.86. The quantitative estimate of drug-likeness (QED) is 0.202. The number of ether oxygens (including phenoxy) is 2. The molecule has 1 rings (SSSR count). The van der Waals surface area contributed by atoms with E-state index in [4.69, 9.17) is 9.47 Å². The molecule has 0 heterocycles. The Kier molecular flexibility index (Phi) is 16.1. The van der Waals surface area contributed by atoms with E-state index < -0.39 is 0 Å². The van der Waals surface area contributed by atoms with Crippen LogP contribution in [0, 0.1) is 5.92 Å². The molecule has 1 fully saturated rings. The monoisotopic (exact) mass is 396 g/mol. The molecule has 0 bridgehead atoms. The fourth-order valence-electron chi connectivity index (χ4n) is 3.86. The van der Waals surface area contributed by atoms with Crippen molar-refractivity contribution < 1.29 is 19.1 Å². The highest BCUT2D eigenvalue weighted by Crippen LogP contribution is 2.23. The molecular weight excluding hydrogens is 352 g/mol. The topological polar surface area (TPSA) is 52.6 Å². The summed E-state index contributed by atoms with van der Waals surface area (Å²) in [5.41, 5.74) is 0. The van der Waals surface area contributed by atoms with Gasteiger partial charge >= 0.3 is 11.9 Å². The molecule has 0 aromatic carbocycles. The first kappa shape index (κ1) is 25.0. The van der Waals surface area contributed by atoms with Crippen LogP contribution in [0.4, 0.5) is 0 Å². The largest absolute Gasteiger partial charge is 0.466 e. The van der Waals surface area contributed by atoms with Gasteiger partial charge in [-0.1, -0.05) is 84.0 Å². The van der Waals surface area contributed by atoms with Crippen molar-refractivity contribution in [2.45, 2.75) is 122 Å². The van der Waals surface area contributed by atoms with Gasteiger partial charge in [-0.3, -0.25) is 9.59 Å². The van der Waals surface area contributed by atoms with Gasteiger partial charge in [-0.2, -0.15) is 0 Å². The first-order chi connectivity index (χ1) is 13.7. The molecule has 164 valence electrons. The summed E-state index contributed by atoms with van der Waals surface area (Å²) >= 11 is 0. The Morgan fingerprint density at radius 1 is 0.679 bits per heavy atom. The third kappa shape index (κ3) is 14.9. The predicted octanol–water partition coefficient (Wildman–Crippen LogP) is 6.74. The zero-order valence-corrected chi connectivity index (χ0v) is 18.4. The molecule has 4 nitrogen and oxygen atoms in total. The number of carbonyl (C=O) groups is 2. The Hall–Kier alpha value is -1.06. The molecule has 4 heteroatoms. The maximum Gasteiger partial charge on any atom is 0.305 e. The second-order valence-electron chi connectivity index (χ2n) is 8.44. The van der Waals surface area contributed by atoms with E-state index in [1.807, 2.05) is 0 Å². The normalized spacial score (nSPS) is 14.8. The molecule has 0 aromatic heterocycles. The van der Waals surface area contributed by atoms with Gasteiger partial charge in [0.2, 0.25) is 0 Å². The number of rotatable bonds is 17. The summed E-state index contributed by atoms with van der Waals surface area (Å²) in [4.78, 5) is 23.5. The van der Waals surface area contributed by atoms with Gasteiger partial charge in [-0.15, -0.1) is 0 Å². The van der Waals surface area contributed by atoms with Crippen LogP contribution in [-0.4, -0.2) is 25.2 Å². The van der Waals surface area contributed by atoms with Crippen molar-refractivity contribution in [1.82, 2.24) is 0 Å². The molecule has 0 N–H and O–H groups in total. The van der Waals surface area contributed by atoms with Crippen LogP contribution >= 0.6 is 0 Å². The molecular formula is C24H44O4. The summed E-state index contributed by atoms with van der Waals surface area (Å²) in [7, 11) is 0. The molecule has 0 unspecified atom stereocenters. The van der Waals surface area contributed by atoms with Gasteiger partial charge in [0.1, 0.15) is 0 Å². The lowest BCUT2D eigenvalue weighted by Gasteiger charge is -2.20. The van der Waals surface area contributed by atoms with Gasteiger partial charge in [0, 0.05) is 12.8 Å². The lowest BCUT2D eigenvalue weighted by atomic mass is 9.90. The van der Waals surface area contributed by atoms with E-state index in [1.54, 1.807) is 0 Å². The smallest absolute Gasteiger partial charge is 0.305 e. The average Bonchev–Trinajstić information content (AvgIpc) is 2.71. The minimum atomic E-state index is -0.184. The summed E-state index contributed by atoms with van der Waals surface area (Å²) in [5.74, 6) is 0.188. The molecule has 0 saturated heterocycles. The Labute approximate surface area is 173 Å². The number of unbranched alkanes of at least 4 members (excludes halogenated alkanes) is 9. The Balaban J connectivity index is 1.83. The van der Waals surface area contributed by atoms with Gasteiger partial charge in [0.15, 0.2) is 0 Å². The van der Waals surface area contributed by atoms with Gasteiger partial charge < -0.3 is 9.47 Å². The number of carbonyl (C=O) groups excluding carboxylic acids is 2. The summed E-state index contributed by atoms with van der Waals surface area (Å²) in [6, 6.07) is 0. The van der Waals surface area contributed by atoms with E-state index in [9.17, 15) is 9.59 Å². The number of hydrogen-bond acceptors (Lipinski definition) is 4. The molecule has 0 radical (unpaired) electrons. The minimum absolute atomic E-state index is 0.173. The summed E-state index contributed by atoms with van der Waals surface area (Å²) in [5, 5.41) is 0. The second-order valence-corrected chi connectivity index (χ2v) is 8.44. The number of esters is 2. The standard InChI is InChI=1S/C24H44O4/c1-2-3-4-5-6-7-8-9-10-14-20-27-23(25)18-15-19-24(26)28-21-22-16-12-11-13-17-22/h22H,2-21H2,1H3. The van der Waals surface area contributed by atoms with Crippen molar-refractivity contribution in [3.05, 3.63) is 0 Å². The molecule has 1 aliphatic rings. The Morgan fingerprint density at radius 2 is 1.21 bits per heavy atom. The summed E-state index contributed by atoms with van der Waals surface area (Å²) in [6.45, 7) is 3.32. The molecule has 0 atom stereocenters. The van der Waals surface area contributed by atoms with E-state index in [0.717, 1.165) is 12.8 Å². The molecule has 0 spiro atoms. The van der Waals surface area contributed by atoms with Crippen LogP contribution in [0.2, 0.25) is 0 Å². The lowest BCUT2D eigenvalue weighted by molar-refractivity contribution is -0.146. The van der Waals surface area contributed by atoms with Crippen LogP contribution in [-0.2, 0) is 19.1 Å². The first-order valence-electron chi connectivity index (χ1n) is 12.0. The molecule has 0 amide bonds. The third-order valence-corrected chi connectivity index (χ3v) is 5.73. The number of hydrogen-bond donors (Lipinski definition) is 0. The summed E-state index contributed by atoms with van der Waals surface area (Å²) in [6.07, 6.45) is 20.1. The first-order valence-corrected chi connectivity index (χ1v) is 12.0. The van der Waals surface area contributed by atoms with Gasteiger partial charge in [-0.25, -0.2) is 0 Å². The average molecular weight is 397 g/mol. The lowest BCUT2D eigenvalue weighted by Crippen LogP contribution is -2.17. The molecule has 0 aromatic rings. The van der Waals surface area contributed by atoms with Crippen LogP contribution in [0.3, 0.4) is 0 Å². The van der Waals surface area contributed by atoms with E-state index in [-0.39, 0.29) is 11.9 Å². The van der Waals surface area contributed by atoms with Crippen molar-refractivity contribution in [3.8, 4) is 0 Å². The highest BCUT2D eigenvalue weighted by molar-refractivity contribution is 5.72. The zero-order valence-electron chi connectivity index (χ0n) is 18.4. The SMILES string of the molecule is CCCCCCCCCCCCOC(=O)CCCC(=O)OCC1CCCCC1. The molecule has 0 aliphatic heterocycles. The van der Waals surface area contributed by atoms with Crippen LogP contribution in [0.25, 0.3) is 0 Å². The van der Waals surface area contributed by atoms with Gasteiger partial charge in [-0.05, 0) is 31.6 Å². The highest BCUT2D eigenvalue weighted by atomic mass is 16.5. The third-order valence-electron chi connectivity index (χ3n) is 5.73. The van der Waals surface area contributed by atoms with Crippen LogP contribution in [0.15, 0.2) is 0 Å². The van der Waals surface area contributed by atoms with Crippen LogP contribution in [0.5, 0.6) is 0 Å². The van der Waals surface area contributed by atoms with E-state index in [2.05, 4.69) is 6.92 Å². The van der Waals surface area contributed by atoms with Gasteiger partial charge in [0.05, 0.1) is 13.2 Å². The van der Waals surface area contributed by atoms with Gasteiger partial charge in [0.25, 0.3) is 0 Å². The zero-order chi connectivity index (χ0) is 20.3.